The molecule has 6 heteroatoms. The van der Waals surface area contributed by atoms with Crippen LogP contribution in [0.3, 0.4) is 0 Å². The van der Waals surface area contributed by atoms with Crippen molar-refractivity contribution >= 4 is 23.2 Å². The third-order valence-electron chi connectivity index (χ3n) is 4.14. The molecule has 1 heterocycles. The minimum atomic E-state index is -0.272. The number of nitrogens with one attached hydrogen (secondary N) is 1. The van der Waals surface area contributed by atoms with E-state index in [1.165, 1.54) is 11.3 Å². The highest BCUT2D eigenvalue weighted by Gasteiger charge is 2.13. The van der Waals surface area contributed by atoms with E-state index in [2.05, 4.69) is 10.3 Å². The molecule has 1 aromatic heterocycles. The van der Waals surface area contributed by atoms with Gasteiger partial charge in [-0.3, -0.25) is 9.59 Å². The minimum Gasteiger partial charge on any atom is -0.350 e. The highest BCUT2D eigenvalue weighted by molar-refractivity contribution is 7.07. The lowest BCUT2D eigenvalue weighted by Crippen LogP contribution is -2.31. The van der Waals surface area contributed by atoms with E-state index in [0.29, 0.717) is 22.5 Å². The number of aryl methyl sites for hydroxylation is 1. The number of nitrogens with zero attached hydrogens (tertiary/aromatic N) is 2. The van der Waals surface area contributed by atoms with Gasteiger partial charge >= 0.3 is 0 Å². The first-order chi connectivity index (χ1) is 13.4. The van der Waals surface area contributed by atoms with Gasteiger partial charge in [-0.25, -0.2) is 0 Å². The van der Waals surface area contributed by atoms with Crippen molar-refractivity contribution in [2.75, 3.05) is 0 Å². The molecule has 0 bridgehead atoms. The highest BCUT2D eigenvalue weighted by Crippen LogP contribution is 2.11. The summed E-state index contributed by atoms with van der Waals surface area (Å²) in [6.07, 6.45) is 1.88. The SMILES string of the molecule is Cc1cccc(C(=O)N=c2sccn2Cc2ccccc2C(=O)NC(C)C)c1. The second kappa shape index (κ2) is 8.80. The predicted octanol–water partition coefficient (Wildman–Crippen LogP) is 3.79. The van der Waals surface area contributed by atoms with Crippen LogP contribution in [0.4, 0.5) is 0 Å². The van der Waals surface area contributed by atoms with Gasteiger partial charge < -0.3 is 9.88 Å². The Hall–Kier alpha value is -2.99. The number of aromatic nitrogens is 1. The number of rotatable bonds is 5. The van der Waals surface area contributed by atoms with Gasteiger partial charge in [0.25, 0.3) is 11.8 Å². The average Bonchev–Trinajstić information content (AvgIpc) is 3.08. The summed E-state index contributed by atoms with van der Waals surface area (Å²) < 4.78 is 1.89. The van der Waals surface area contributed by atoms with Crippen LogP contribution in [-0.2, 0) is 6.54 Å². The number of benzene rings is 2. The minimum absolute atomic E-state index is 0.0619. The number of hydrogen-bond acceptors (Lipinski definition) is 3. The second-order valence-electron chi connectivity index (χ2n) is 6.89. The summed E-state index contributed by atoms with van der Waals surface area (Å²) in [5, 5.41) is 4.82. The monoisotopic (exact) mass is 393 g/mol. The zero-order chi connectivity index (χ0) is 20.1. The van der Waals surface area contributed by atoms with Gasteiger partial charge in [-0.15, -0.1) is 11.3 Å². The zero-order valence-corrected chi connectivity index (χ0v) is 17.0. The van der Waals surface area contributed by atoms with Crippen molar-refractivity contribution in [2.45, 2.75) is 33.4 Å². The van der Waals surface area contributed by atoms with Crippen molar-refractivity contribution < 1.29 is 9.59 Å². The molecule has 2 amide bonds. The Labute approximate surface area is 168 Å². The third kappa shape index (κ3) is 4.84. The van der Waals surface area contributed by atoms with Crippen LogP contribution < -0.4 is 10.1 Å². The lowest BCUT2D eigenvalue weighted by molar-refractivity contribution is 0.0940. The molecule has 1 N–H and O–H groups in total. The van der Waals surface area contributed by atoms with Crippen LogP contribution in [0.15, 0.2) is 65.1 Å². The van der Waals surface area contributed by atoms with Gasteiger partial charge in [-0.2, -0.15) is 4.99 Å². The molecule has 0 aliphatic heterocycles. The van der Waals surface area contributed by atoms with Gasteiger partial charge in [-0.05, 0) is 44.5 Å². The first-order valence-electron chi connectivity index (χ1n) is 9.12. The summed E-state index contributed by atoms with van der Waals surface area (Å²) in [5.41, 5.74) is 3.09. The van der Waals surface area contributed by atoms with Crippen LogP contribution in [0.1, 0.15) is 45.7 Å². The van der Waals surface area contributed by atoms with E-state index in [0.717, 1.165) is 11.1 Å². The Morgan fingerprint density at radius 3 is 2.68 bits per heavy atom. The molecule has 144 valence electrons. The molecule has 0 saturated carbocycles. The smallest absolute Gasteiger partial charge is 0.279 e. The van der Waals surface area contributed by atoms with Gasteiger partial charge in [0.1, 0.15) is 0 Å². The summed E-state index contributed by atoms with van der Waals surface area (Å²) in [6, 6.07) is 14.9. The van der Waals surface area contributed by atoms with Crippen LogP contribution in [0, 0.1) is 6.92 Å². The van der Waals surface area contributed by atoms with Crippen LogP contribution in [-0.4, -0.2) is 22.4 Å². The fourth-order valence-electron chi connectivity index (χ4n) is 2.84. The lowest BCUT2D eigenvalue weighted by Gasteiger charge is -2.12. The molecule has 3 aromatic rings. The fourth-order valence-corrected chi connectivity index (χ4v) is 3.57. The molecule has 0 radical (unpaired) electrons. The van der Waals surface area contributed by atoms with Crippen LogP contribution in [0.25, 0.3) is 0 Å². The van der Waals surface area contributed by atoms with E-state index in [1.54, 1.807) is 6.07 Å². The summed E-state index contributed by atoms with van der Waals surface area (Å²) in [4.78, 5) is 29.9. The number of hydrogen-bond donors (Lipinski definition) is 1. The van der Waals surface area contributed by atoms with Crippen LogP contribution in [0.5, 0.6) is 0 Å². The maximum atomic E-state index is 12.5. The normalized spacial score (nSPS) is 11.6. The number of carbonyl (C=O) groups is 2. The highest BCUT2D eigenvalue weighted by atomic mass is 32.1. The molecule has 3 rings (SSSR count). The Morgan fingerprint density at radius 2 is 1.93 bits per heavy atom. The Morgan fingerprint density at radius 1 is 1.14 bits per heavy atom. The third-order valence-corrected chi connectivity index (χ3v) is 4.94. The van der Waals surface area contributed by atoms with Gasteiger partial charge in [0, 0.05) is 28.7 Å². The zero-order valence-electron chi connectivity index (χ0n) is 16.2. The topological polar surface area (TPSA) is 63.5 Å². The Kier molecular flexibility index (Phi) is 6.21. The first kappa shape index (κ1) is 19.8. The first-order valence-corrected chi connectivity index (χ1v) is 10.0. The summed E-state index contributed by atoms with van der Waals surface area (Å²) in [6.45, 7) is 6.27. The van der Waals surface area contributed by atoms with Gasteiger partial charge in [0.2, 0.25) is 0 Å². The fraction of sp³-hybridized carbons (Fsp3) is 0.227. The maximum absolute atomic E-state index is 12.5. The molecular formula is C22H23N3O2S. The summed E-state index contributed by atoms with van der Waals surface area (Å²) in [7, 11) is 0. The van der Waals surface area contributed by atoms with Crippen LogP contribution in [0.2, 0.25) is 0 Å². The van der Waals surface area contributed by atoms with Crippen LogP contribution >= 0.6 is 11.3 Å². The van der Waals surface area contributed by atoms with E-state index in [9.17, 15) is 9.59 Å². The molecule has 28 heavy (non-hydrogen) atoms. The molecular weight excluding hydrogens is 370 g/mol. The van der Waals surface area contributed by atoms with Crippen molar-refractivity contribution in [3.63, 3.8) is 0 Å². The molecule has 0 aliphatic rings. The average molecular weight is 394 g/mol. The predicted molar refractivity (Wildman–Crippen MR) is 112 cm³/mol. The van der Waals surface area contributed by atoms with Crippen molar-refractivity contribution in [3.05, 3.63) is 87.2 Å². The largest absolute Gasteiger partial charge is 0.350 e. The van der Waals surface area contributed by atoms with Crippen molar-refractivity contribution in [1.82, 2.24) is 9.88 Å². The second-order valence-corrected chi connectivity index (χ2v) is 7.76. The number of carbonyl (C=O) groups excluding carboxylic acids is 2. The lowest BCUT2D eigenvalue weighted by atomic mass is 10.1. The van der Waals surface area contributed by atoms with Gasteiger partial charge in [-0.1, -0.05) is 35.9 Å². The van der Waals surface area contributed by atoms with Crippen molar-refractivity contribution in [3.8, 4) is 0 Å². The van der Waals surface area contributed by atoms with Crippen molar-refractivity contribution in [2.24, 2.45) is 4.99 Å². The van der Waals surface area contributed by atoms with E-state index >= 15 is 0 Å². The number of thiazole rings is 1. The molecule has 0 spiro atoms. The molecule has 0 fully saturated rings. The molecule has 0 aliphatic carbocycles. The Bertz CT molecular complexity index is 1060. The van der Waals surface area contributed by atoms with E-state index in [-0.39, 0.29) is 17.9 Å². The van der Waals surface area contributed by atoms with E-state index in [4.69, 9.17) is 0 Å². The molecule has 5 nitrogen and oxygen atoms in total. The molecule has 0 saturated heterocycles. The molecule has 0 atom stereocenters. The Balaban J connectivity index is 1.90. The van der Waals surface area contributed by atoms with Crippen molar-refractivity contribution in [1.29, 1.82) is 0 Å². The van der Waals surface area contributed by atoms with Gasteiger partial charge in [0.15, 0.2) is 4.80 Å². The maximum Gasteiger partial charge on any atom is 0.279 e. The van der Waals surface area contributed by atoms with Gasteiger partial charge in [0.05, 0.1) is 6.54 Å². The molecule has 2 aromatic carbocycles. The summed E-state index contributed by atoms with van der Waals surface area (Å²) in [5.74, 6) is -0.374. The standard InChI is InChI=1S/C22H23N3O2S/c1-15(2)23-21(27)19-10-5-4-8-18(19)14-25-11-12-28-22(25)24-20(26)17-9-6-7-16(3)13-17/h4-13,15H,14H2,1-3H3,(H,23,27). The quantitative estimate of drug-likeness (QED) is 0.717. The van der Waals surface area contributed by atoms with E-state index in [1.807, 2.05) is 79.4 Å². The number of amides is 2. The molecule has 0 unspecified atom stereocenters. The summed E-state index contributed by atoms with van der Waals surface area (Å²) >= 11 is 1.40. The van der Waals surface area contributed by atoms with E-state index < -0.39 is 0 Å².